The average Bonchev–Trinajstić information content (AvgIpc) is 3.28. The van der Waals surface area contributed by atoms with Gasteiger partial charge in [-0.2, -0.15) is 0 Å². The van der Waals surface area contributed by atoms with E-state index < -0.39 is 17.5 Å². The van der Waals surface area contributed by atoms with Crippen LogP contribution in [0.1, 0.15) is 22.3 Å². The van der Waals surface area contributed by atoms with Gasteiger partial charge in [0.15, 0.2) is 5.82 Å². The van der Waals surface area contributed by atoms with E-state index >= 15 is 0 Å². The molecule has 1 aromatic heterocycles. The maximum atomic E-state index is 13.9. The molecule has 5 rings (SSSR count). The summed E-state index contributed by atoms with van der Waals surface area (Å²) in [6.07, 6.45) is 0.709. The van der Waals surface area contributed by atoms with Gasteiger partial charge in [-0.1, -0.05) is 30.3 Å². The number of carbonyl (C=O) groups excluding carboxylic acids is 2. The Bertz CT molecular complexity index is 1530. The lowest BCUT2D eigenvalue weighted by Crippen LogP contribution is -2.44. The van der Waals surface area contributed by atoms with Gasteiger partial charge in [-0.15, -0.1) is 10.2 Å². The molecule has 0 unspecified atom stereocenters. The molecule has 8 nitrogen and oxygen atoms in total. The summed E-state index contributed by atoms with van der Waals surface area (Å²) in [5.74, 6) is -0.175. The predicted molar refractivity (Wildman–Crippen MR) is 155 cm³/mol. The summed E-state index contributed by atoms with van der Waals surface area (Å²) in [6.45, 7) is 2.09. The van der Waals surface area contributed by atoms with Gasteiger partial charge >= 0.3 is 0 Å². The van der Waals surface area contributed by atoms with E-state index in [1.165, 1.54) is 35.2 Å². The lowest BCUT2D eigenvalue weighted by atomic mass is 10.1. The first-order valence-corrected chi connectivity index (χ1v) is 13.7. The summed E-state index contributed by atoms with van der Waals surface area (Å²) in [4.78, 5) is 32.0. The fourth-order valence-corrected chi connectivity index (χ4v) is 4.90. The highest BCUT2D eigenvalue weighted by atomic mass is 19.1. The Morgan fingerprint density at radius 3 is 2.40 bits per heavy atom. The van der Waals surface area contributed by atoms with E-state index in [0.717, 1.165) is 28.9 Å². The summed E-state index contributed by atoms with van der Waals surface area (Å²) in [6, 6.07) is 22.6. The van der Waals surface area contributed by atoms with Gasteiger partial charge in [0.05, 0.1) is 12.8 Å². The molecule has 0 N–H and O–H groups in total. The molecular weight excluding hydrogens is 540 g/mol. The lowest BCUT2D eigenvalue weighted by molar-refractivity contribution is -0.131. The van der Waals surface area contributed by atoms with Crippen LogP contribution in [0.5, 0.6) is 5.75 Å². The van der Waals surface area contributed by atoms with E-state index in [0.29, 0.717) is 38.2 Å². The number of aromatic nitrogens is 2. The quantitative estimate of drug-likeness (QED) is 0.302. The molecule has 0 atom stereocenters. The molecule has 0 saturated carbocycles. The Kier molecular flexibility index (Phi) is 9.01. The number of anilines is 1. The molecule has 1 fully saturated rings. The highest BCUT2D eigenvalue weighted by molar-refractivity contribution is 5.96. The summed E-state index contributed by atoms with van der Waals surface area (Å²) >= 11 is 0. The molecule has 42 heavy (non-hydrogen) atoms. The largest absolute Gasteiger partial charge is 0.497 e. The molecule has 1 aliphatic heterocycles. The second kappa shape index (κ2) is 13.2. The second-order valence-corrected chi connectivity index (χ2v) is 10.0. The average molecular weight is 572 g/mol. The van der Waals surface area contributed by atoms with Crippen LogP contribution in [0.4, 0.5) is 14.6 Å². The molecule has 2 heterocycles. The number of rotatable bonds is 8. The lowest BCUT2D eigenvalue weighted by Gasteiger charge is -2.27. The highest BCUT2D eigenvalue weighted by Gasteiger charge is 2.25. The minimum Gasteiger partial charge on any atom is -0.497 e. The van der Waals surface area contributed by atoms with Crippen LogP contribution in [-0.2, 0) is 11.3 Å². The van der Waals surface area contributed by atoms with Crippen LogP contribution in [0.15, 0.2) is 84.9 Å². The molecule has 0 bridgehead atoms. The fraction of sp³-hybridized carbons (Fsp3) is 0.250. The van der Waals surface area contributed by atoms with E-state index in [1.807, 2.05) is 36.4 Å². The van der Waals surface area contributed by atoms with E-state index in [-0.39, 0.29) is 24.6 Å². The zero-order chi connectivity index (χ0) is 29.5. The molecule has 1 aliphatic rings. The molecule has 1 saturated heterocycles. The monoisotopic (exact) mass is 571 g/mol. The Morgan fingerprint density at radius 2 is 1.67 bits per heavy atom. The third-order valence-electron chi connectivity index (χ3n) is 7.16. The number of hydrogen-bond donors (Lipinski definition) is 0. The van der Waals surface area contributed by atoms with Crippen LogP contribution >= 0.6 is 0 Å². The van der Waals surface area contributed by atoms with E-state index in [1.54, 1.807) is 24.1 Å². The van der Waals surface area contributed by atoms with Gasteiger partial charge in [0.1, 0.15) is 23.9 Å². The van der Waals surface area contributed by atoms with Gasteiger partial charge in [0.2, 0.25) is 5.91 Å². The van der Waals surface area contributed by atoms with Crippen molar-refractivity contribution in [3.63, 3.8) is 0 Å². The smallest absolute Gasteiger partial charge is 0.254 e. The minimum atomic E-state index is -0.541. The zero-order valence-corrected chi connectivity index (χ0v) is 23.2. The van der Waals surface area contributed by atoms with E-state index in [2.05, 4.69) is 15.1 Å². The number of benzene rings is 3. The first-order chi connectivity index (χ1) is 20.4. The van der Waals surface area contributed by atoms with Crippen molar-refractivity contribution in [1.82, 2.24) is 20.0 Å². The molecule has 10 heteroatoms. The van der Waals surface area contributed by atoms with Crippen molar-refractivity contribution in [2.45, 2.75) is 13.0 Å². The fourth-order valence-electron chi connectivity index (χ4n) is 4.90. The maximum Gasteiger partial charge on any atom is 0.254 e. The van der Waals surface area contributed by atoms with Gasteiger partial charge in [-0.25, -0.2) is 8.78 Å². The summed E-state index contributed by atoms with van der Waals surface area (Å²) in [7, 11) is 1.62. The van der Waals surface area contributed by atoms with Crippen LogP contribution in [0, 0.1) is 11.6 Å². The minimum absolute atomic E-state index is 0.0799. The molecule has 4 aromatic rings. The second-order valence-electron chi connectivity index (χ2n) is 10.0. The first-order valence-electron chi connectivity index (χ1n) is 13.7. The van der Waals surface area contributed by atoms with Crippen molar-refractivity contribution in [3.05, 3.63) is 108 Å². The zero-order valence-electron chi connectivity index (χ0n) is 23.2. The van der Waals surface area contributed by atoms with Crippen molar-refractivity contribution in [1.29, 1.82) is 0 Å². The third kappa shape index (κ3) is 7.06. The number of hydrogen-bond acceptors (Lipinski definition) is 6. The molecule has 2 amide bonds. The van der Waals surface area contributed by atoms with E-state index in [4.69, 9.17) is 4.74 Å². The van der Waals surface area contributed by atoms with Crippen LogP contribution in [-0.4, -0.2) is 71.6 Å². The van der Waals surface area contributed by atoms with Crippen molar-refractivity contribution in [2.75, 3.05) is 44.7 Å². The predicted octanol–water partition coefficient (Wildman–Crippen LogP) is 4.81. The molecule has 216 valence electrons. The maximum absolute atomic E-state index is 13.9. The van der Waals surface area contributed by atoms with Crippen LogP contribution < -0.4 is 9.64 Å². The van der Waals surface area contributed by atoms with Gasteiger partial charge in [0.25, 0.3) is 5.91 Å². The Labute approximate surface area is 243 Å². The number of ether oxygens (including phenoxy) is 1. The number of nitrogens with zero attached hydrogens (tertiary/aromatic N) is 5. The van der Waals surface area contributed by atoms with Crippen molar-refractivity contribution >= 4 is 17.6 Å². The normalized spacial score (nSPS) is 13.4. The van der Waals surface area contributed by atoms with Gasteiger partial charge in [-0.05, 0) is 66.6 Å². The van der Waals surface area contributed by atoms with Crippen molar-refractivity contribution in [3.8, 4) is 17.0 Å². The van der Waals surface area contributed by atoms with Crippen LogP contribution in [0.2, 0.25) is 0 Å². The summed E-state index contributed by atoms with van der Waals surface area (Å²) < 4.78 is 32.6. The highest BCUT2D eigenvalue weighted by Crippen LogP contribution is 2.23. The molecule has 0 spiro atoms. The molecule has 0 radical (unpaired) electrons. The van der Waals surface area contributed by atoms with E-state index in [9.17, 15) is 18.4 Å². The third-order valence-corrected chi connectivity index (χ3v) is 7.16. The Balaban J connectivity index is 1.25. The number of carbonyl (C=O) groups is 2. The Morgan fingerprint density at radius 1 is 0.857 bits per heavy atom. The van der Waals surface area contributed by atoms with Gasteiger partial charge < -0.3 is 19.4 Å². The van der Waals surface area contributed by atoms with Gasteiger partial charge in [0, 0.05) is 43.9 Å². The first kappa shape index (κ1) is 28.7. The number of methoxy groups -OCH3 is 1. The number of halogens is 2. The SMILES string of the molecule is COc1cccc(-c2ccc(N3CCCN(C(=O)CN(Cc4ccc(F)cc4)C(=O)c4cccc(F)c4)CC3)nn2)c1. The van der Waals surface area contributed by atoms with Crippen LogP contribution in [0.25, 0.3) is 11.3 Å². The molecule has 3 aromatic carbocycles. The topological polar surface area (TPSA) is 78.9 Å². The standard InChI is InChI=1S/C32H31F2N5O3/c1-42-28-8-3-5-24(20-28)29-13-14-30(36-35-29)37-15-4-16-38(18-17-37)31(40)22-39(21-23-9-11-26(33)12-10-23)32(41)25-6-2-7-27(34)19-25/h2-3,5-14,19-20H,4,15-18,21-22H2,1H3. The van der Waals surface area contributed by atoms with Crippen molar-refractivity contribution in [2.24, 2.45) is 0 Å². The summed E-state index contributed by atoms with van der Waals surface area (Å²) in [5, 5.41) is 8.83. The molecule has 0 aliphatic carbocycles. The Hall–Kier alpha value is -4.86. The van der Waals surface area contributed by atoms with Gasteiger partial charge in [-0.3, -0.25) is 9.59 Å². The molecular formula is C32H31F2N5O3. The van der Waals surface area contributed by atoms with Crippen molar-refractivity contribution < 1.29 is 23.1 Å². The van der Waals surface area contributed by atoms with Crippen LogP contribution in [0.3, 0.4) is 0 Å². The number of amides is 2. The summed E-state index contributed by atoms with van der Waals surface area (Å²) in [5.41, 5.74) is 2.43.